The van der Waals surface area contributed by atoms with Crippen LogP contribution < -0.4 is 0 Å². The normalized spacial score (nSPS) is 10.6. The number of carbonyl (C=O) groups excluding carboxylic acids is 2. The third-order valence-electron chi connectivity index (χ3n) is 3.92. The Morgan fingerprint density at radius 3 is 2.57 bits per heavy atom. The first kappa shape index (κ1) is 17.4. The van der Waals surface area contributed by atoms with Crippen LogP contribution >= 0.6 is 11.3 Å². The van der Waals surface area contributed by atoms with E-state index in [4.69, 9.17) is 0 Å². The molecule has 0 fully saturated rings. The van der Waals surface area contributed by atoms with Crippen LogP contribution in [0.25, 0.3) is 0 Å². The second kappa shape index (κ2) is 8.06. The molecule has 0 aliphatic heterocycles. The summed E-state index contributed by atoms with van der Waals surface area (Å²) in [6.07, 6.45) is 0.537. The van der Waals surface area contributed by atoms with Crippen molar-refractivity contribution in [2.24, 2.45) is 0 Å². The maximum Gasteiger partial charge on any atom is 0.223 e. The molecule has 0 atom stereocenters. The van der Waals surface area contributed by atoms with Gasteiger partial charge < -0.3 is 4.90 Å². The molecular formula is C19H23NO2S. The molecule has 0 radical (unpaired) electrons. The zero-order valence-corrected chi connectivity index (χ0v) is 14.8. The van der Waals surface area contributed by atoms with E-state index in [-0.39, 0.29) is 24.5 Å². The van der Waals surface area contributed by atoms with Crippen LogP contribution in [0, 0.1) is 13.8 Å². The van der Waals surface area contributed by atoms with Crippen molar-refractivity contribution in [2.75, 3.05) is 6.54 Å². The number of nitrogens with zero attached hydrogens (tertiary/aromatic N) is 1. The lowest BCUT2D eigenvalue weighted by Crippen LogP contribution is -2.30. The van der Waals surface area contributed by atoms with Gasteiger partial charge in [-0.2, -0.15) is 0 Å². The van der Waals surface area contributed by atoms with E-state index in [1.807, 2.05) is 61.4 Å². The molecule has 0 N–H and O–H groups in total. The molecule has 1 aromatic heterocycles. The molecule has 3 nitrogen and oxygen atoms in total. The van der Waals surface area contributed by atoms with Crippen LogP contribution in [0.4, 0.5) is 0 Å². The summed E-state index contributed by atoms with van der Waals surface area (Å²) in [6, 6.07) is 9.88. The fourth-order valence-electron chi connectivity index (χ4n) is 2.52. The summed E-state index contributed by atoms with van der Waals surface area (Å²) < 4.78 is 0. The Morgan fingerprint density at radius 1 is 1.13 bits per heavy atom. The van der Waals surface area contributed by atoms with E-state index in [9.17, 15) is 9.59 Å². The molecule has 0 saturated heterocycles. The van der Waals surface area contributed by atoms with E-state index >= 15 is 0 Å². The van der Waals surface area contributed by atoms with E-state index in [1.165, 1.54) is 4.88 Å². The minimum absolute atomic E-state index is 0.0413. The monoisotopic (exact) mass is 329 g/mol. The Morgan fingerprint density at radius 2 is 1.91 bits per heavy atom. The number of Topliss-reactive ketones (excluding diaryl/α,β-unsaturated/α-hetero) is 1. The number of thiophene rings is 1. The minimum Gasteiger partial charge on any atom is -0.338 e. The van der Waals surface area contributed by atoms with Crippen LogP contribution in [0.2, 0.25) is 0 Å². The van der Waals surface area contributed by atoms with Gasteiger partial charge in [-0.15, -0.1) is 11.3 Å². The highest BCUT2D eigenvalue weighted by molar-refractivity contribution is 7.09. The molecule has 0 unspecified atom stereocenters. The molecule has 0 bridgehead atoms. The highest BCUT2D eigenvalue weighted by Gasteiger charge is 2.16. The molecule has 0 aliphatic rings. The van der Waals surface area contributed by atoms with Gasteiger partial charge in [0.25, 0.3) is 0 Å². The van der Waals surface area contributed by atoms with Crippen molar-refractivity contribution in [3.05, 3.63) is 57.3 Å². The second-order valence-electron chi connectivity index (χ2n) is 5.73. The Kier molecular flexibility index (Phi) is 6.11. The lowest BCUT2D eigenvalue weighted by molar-refractivity contribution is -0.131. The second-order valence-corrected chi connectivity index (χ2v) is 6.76. The van der Waals surface area contributed by atoms with Gasteiger partial charge in [0.2, 0.25) is 5.91 Å². The number of benzene rings is 1. The van der Waals surface area contributed by atoms with Crippen LogP contribution in [0.3, 0.4) is 0 Å². The average Bonchev–Trinajstić information content (AvgIpc) is 3.05. The number of hydrogen-bond donors (Lipinski definition) is 0. The van der Waals surface area contributed by atoms with Crippen molar-refractivity contribution in [3.8, 4) is 0 Å². The van der Waals surface area contributed by atoms with Crippen molar-refractivity contribution in [1.82, 2.24) is 4.90 Å². The van der Waals surface area contributed by atoms with Crippen molar-refractivity contribution in [3.63, 3.8) is 0 Å². The minimum atomic E-state index is 0.0413. The van der Waals surface area contributed by atoms with E-state index in [2.05, 4.69) is 0 Å². The van der Waals surface area contributed by atoms with Gasteiger partial charge in [0.15, 0.2) is 5.78 Å². The first-order valence-corrected chi connectivity index (χ1v) is 8.79. The van der Waals surface area contributed by atoms with Crippen LogP contribution in [-0.2, 0) is 11.3 Å². The molecule has 0 spiro atoms. The summed E-state index contributed by atoms with van der Waals surface area (Å²) >= 11 is 1.65. The molecule has 0 saturated carbocycles. The van der Waals surface area contributed by atoms with Gasteiger partial charge in [-0.25, -0.2) is 0 Å². The maximum absolute atomic E-state index is 12.4. The van der Waals surface area contributed by atoms with E-state index in [1.54, 1.807) is 11.3 Å². The molecule has 2 rings (SSSR count). The lowest BCUT2D eigenvalue weighted by Gasteiger charge is -2.20. The largest absolute Gasteiger partial charge is 0.338 e. The molecule has 2 aromatic rings. The quantitative estimate of drug-likeness (QED) is 0.707. The van der Waals surface area contributed by atoms with Crippen molar-refractivity contribution in [2.45, 2.75) is 40.2 Å². The zero-order chi connectivity index (χ0) is 16.8. The molecule has 1 heterocycles. The molecule has 122 valence electrons. The van der Waals surface area contributed by atoms with Gasteiger partial charge in [-0.05, 0) is 43.8 Å². The van der Waals surface area contributed by atoms with Gasteiger partial charge in [0.05, 0.1) is 6.54 Å². The first-order chi connectivity index (χ1) is 11.0. The summed E-state index contributed by atoms with van der Waals surface area (Å²) in [5.74, 6) is 0.0892. The Hall–Kier alpha value is -1.94. The highest BCUT2D eigenvalue weighted by Crippen LogP contribution is 2.16. The topological polar surface area (TPSA) is 37.4 Å². The smallest absolute Gasteiger partial charge is 0.223 e. The van der Waals surface area contributed by atoms with Crippen molar-refractivity contribution >= 4 is 23.0 Å². The number of hydrogen-bond acceptors (Lipinski definition) is 3. The van der Waals surface area contributed by atoms with Crippen LogP contribution in [-0.4, -0.2) is 23.1 Å². The van der Waals surface area contributed by atoms with Gasteiger partial charge in [-0.3, -0.25) is 9.59 Å². The number of carbonyl (C=O) groups is 2. The number of aryl methyl sites for hydroxylation is 2. The number of rotatable bonds is 7. The third kappa shape index (κ3) is 4.76. The Balaban J connectivity index is 1.94. The molecule has 0 aliphatic carbocycles. The summed E-state index contributed by atoms with van der Waals surface area (Å²) in [5.41, 5.74) is 2.77. The summed E-state index contributed by atoms with van der Waals surface area (Å²) in [4.78, 5) is 27.7. The zero-order valence-electron chi connectivity index (χ0n) is 14.0. The summed E-state index contributed by atoms with van der Waals surface area (Å²) in [7, 11) is 0. The average molecular weight is 329 g/mol. The highest BCUT2D eigenvalue weighted by atomic mass is 32.1. The summed E-state index contributed by atoms with van der Waals surface area (Å²) in [6.45, 7) is 7.17. The fourth-order valence-corrected chi connectivity index (χ4v) is 3.24. The Labute approximate surface area is 141 Å². The lowest BCUT2D eigenvalue weighted by atomic mass is 9.99. The van der Waals surface area contributed by atoms with E-state index in [0.29, 0.717) is 13.1 Å². The van der Waals surface area contributed by atoms with Crippen molar-refractivity contribution in [1.29, 1.82) is 0 Å². The van der Waals surface area contributed by atoms with Crippen LogP contribution in [0.1, 0.15) is 46.1 Å². The predicted octanol–water partition coefficient (Wildman–Crippen LogP) is 4.38. The maximum atomic E-state index is 12.4. The van der Waals surface area contributed by atoms with Gasteiger partial charge in [0, 0.05) is 29.8 Å². The van der Waals surface area contributed by atoms with Crippen molar-refractivity contribution < 1.29 is 9.59 Å². The van der Waals surface area contributed by atoms with E-state index < -0.39 is 0 Å². The summed E-state index contributed by atoms with van der Waals surface area (Å²) in [5, 5.41) is 2.01. The van der Waals surface area contributed by atoms with Gasteiger partial charge >= 0.3 is 0 Å². The first-order valence-electron chi connectivity index (χ1n) is 7.92. The van der Waals surface area contributed by atoms with Gasteiger partial charge in [0.1, 0.15) is 0 Å². The standard InChI is InChI=1S/C19H23NO2S/c1-4-20(13-16-6-5-11-23-16)19(22)10-9-18(21)17-12-14(2)7-8-15(17)3/h5-8,11-12H,4,9-10,13H2,1-3H3. The third-order valence-corrected chi connectivity index (χ3v) is 4.78. The Bertz CT molecular complexity index is 677. The SMILES string of the molecule is CCN(Cc1cccs1)C(=O)CCC(=O)c1cc(C)ccc1C. The fraction of sp³-hybridized carbons (Fsp3) is 0.368. The number of amides is 1. The molecule has 4 heteroatoms. The predicted molar refractivity (Wildman–Crippen MR) is 94.9 cm³/mol. The molecule has 1 amide bonds. The molecule has 1 aromatic carbocycles. The number of ketones is 1. The van der Waals surface area contributed by atoms with E-state index in [0.717, 1.165) is 16.7 Å². The van der Waals surface area contributed by atoms with Crippen LogP contribution in [0.15, 0.2) is 35.7 Å². The van der Waals surface area contributed by atoms with Gasteiger partial charge in [-0.1, -0.05) is 23.8 Å². The molecular weight excluding hydrogens is 306 g/mol. The van der Waals surface area contributed by atoms with Crippen LogP contribution in [0.5, 0.6) is 0 Å². The molecule has 23 heavy (non-hydrogen) atoms.